The summed E-state index contributed by atoms with van der Waals surface area (Å²) < 4.78 is 0. The van der Waals surface area contributed by atoms with Crippen molar-refractivity contribution in [2.45, 2.75) is 0 Å². The minimum atomic E-state index is 1.01. The molecule has 0 bridgehead atoms. The first-order valence-electron chi connectivity index (χ1n) is 2.75. The van der Waals surface area contributed by atoms with Crippen molar-refractivity contribution in [3.05, 3.63) is 11.6 Å². The molecule has 1 nitrogen and oxygen atoms in total. The van der Waals surface area contributed by atoms with Crippen molar-refractivity contribution >= 4 is 13.5 Å². The first-order chi connectivity index (χ1) is 3.83. The summed E-state index contributed by atoms with van der Waals surface area (Å²) in [6, 6.07) is 0. The first-order valence-corrected chi connectivity index (χ1v) is 2.75. The monoisotopic (exact) mass is 106 g/mol. The van der Waals surface area contributed by atoms with Crippen molar-refractivity contribution in [2.24, 2.45) is 0 Å². The van der Waals surface area contributed by atoms with E-state index in [9.17, 15) is 0 Å². The summed E-state index contributed by atoms with van der Waals surface area (Å²) in [5.74, 6) is 1.67. The van der Waals surface area contributed by atoms with Gasteiger partial charge in [-0.1, -0.05) is 0 Å². The predicted molar refractivity (Wildman–Crippen MR) is 37.4 cm³/mol. The van der Waals surface area contributed by atoms with E-state index in [-0.39, 0.29) is 0 Å². The van der Waals surface area contributed by atoms with Crippen LogP contribution in [-0.2, 0) is 0 Å². The third-order valence-corrected chi connectivity index (χ3v) is 1.33. The third-order valence-electron chi connectivity index (χ3n) is 1.33. The fourth-order valence-corrected chi connectivity index (χ4v) is 0.835. The standard InChI is InChI=1S/C6H9BN/c1-8-3-2-6(4-7)5-8/h2,4H,3,5H2,1H3. The van der Waals surface area contributed by atoms with Gasteiger partial charge in [0.2, 0.25) is 0 Å². The van der Waals surface area contributed by atoms with Crippen molar-refractivity contribution < 1.29 is 0 Å². The minimum absolute atomic E-state index is 1.01. The van der Waals surface area contributed by atoms with Crippen molar-refractivity contribution in [2.75, 3.05) is 20.1 Å². The molecule has 0 spiro atoms. The molecule has 41 valence electrons. The Morgan fingerprint density at radius 1 is 1.88 bits per heavy atom. The summed E-state index contributed by atoms with van der Waals surface area (Å²) in [7, 11) is 7.35. The maximum atomic E-state index is 5.28. The van der Waals surface area contributed by atoms with E-state index in [0.29, 0.717) is 0 Å². The molecule has 0 atom stereocenters. The first kappa shape index (κ1) is 5.77. The van der Waals surface area contributed by atoms with E-state index in [1.807, 2.05) is 0 Å². The van der Waals surface area contributed by atoms with E-state index >= 15 is 0 Å². The average molecular weight is 106 g/mol. The van der Waals surface area contributed by atoms with Crippen LogP contribution in [0.3, 0.4) is 0 Å². The third kappa shape index (κ3) is 1.07. The second kappa shape index (κ2) is 2.27. The Morgan fingerprint density at radius 3 is 2.88 bits per heavy atom. The summed E-state index contributed by atoms with van der Waals surface area (Å²) in [5.41, 5.74) is 1.24. The van der Waals surface area contributed by atoms with Gasteiger partial charge in [0.1, 0.15) is 0 Å². The molecule has 0 aromatic carbocycles. The molecule has 0 aliphatic carbocycles. The molecule has 2 heteroatoms. The number of likely N-dealkylation sites (N-methyl/N-ethyl adjacent to an activating group) is 1. The van der Waals surface area contributed by atoms with Crippen LogP contribution in [0.1, 0.15) is 0 Å². The fraction of sp³-hybridized carbons (Fsp3) is 0.500. The second-order valence-corrected chi connectivity index (χ2v) is 2.14. The molecule has 1 aliphatic heterocycles. The Labute approximate surface area is 51.1 Å². The van der Waals surface area contributed by atoms with Gasteiger partial charge in [-0.05, 0) is 0 Å². The van der Waals surface area contributed by atoms with E-state index in [1.165, 1.54) is 5.57 Å². The molecule has 8 heavy (non-hydrogen) atoms. The molecule has 0 N–H and O–H groups in total. The summed E-state index contributed by atoms with van der Waals surface area (Å²) in [4.78, 5) is 2.21. The molecule has 0 saturated heterocycles. The molecule has 0 amide bonds. The Balaban J connectivity index is 2.49. The van der Waals surface area contributed by atoms with Crippen molar-refractivity contribution in [1.29, 1.82) is 0 Å². The summed E-state index contributed by atoms with van der Waals surface area (Å²) in [5, 5.41) is 0. The van der Waals surface area contributed by atoms with E-state index in [1.54, 1.807) is 5.97 Å². The molecular formula is C6H9BN. The second-order valence-electron chi connectivity index (χ2n) is 2.14. The van der Waals surface area contributed by atoms with E-state index in [4.69, 9.17) is 7.49 Å². The molecule has 0 aromatic heterocycles. The van der Waals surface area contributed by atoms with Crippen molar-refractivity contribution in [1.82, 2.24) is 4.90 Å². The van der Waals surface area contributed by atoms with Gasteiger partial charge in [0.05, 0.1) is 0 Å². The van der Waals surface area contributed by atoms with Crippen molar-refractivity contribution in [3.63, 3.8) is 0 Å². The molecule has 0 fully saturated rings. The molecular weight excluding hydrogens is 96.9 g/mol. The van der Waals surface area contributed by atoms with E-state index in [2.05, 4.69) is 18.0 Å². The van der Waals surface area contributed by atoms with E-state index < -0.39 is 0 Å². The molecule has 0 aromatic rings. The Kier molecular flexibility index (Phi) is 1.64. The van der Waals surface area contributed by atoms with Crippen LogP contribution in [0.4, 0.5) is 0 Å². The Hall–Kier alpha value is -0.365. The van der Waals surface area contributed by atoms with Gasteiger partial charge in [0, 0.05) is 0 Å². The van der Waals surface area contributed by atoms with Crippen LogP contribution >= 0.6 is 0 Å². The number of nitrogens with zero attached hydrogens (tertiary/aromatic N) is 1. The predicted octanol–water partition coefficient (Wildman–Crippen LogP) is -0.171. The molecule has 1 radical (unpaired) electrons. The van der Waals surface area contributed by atoms with Crippen LogP contribution in [-0.4, -0.2) is 38.5 Å². The molecule has 1 rings (SSSR count). The van der Waals surface area contributed by atoms with Gasteiger partial charge in [0.15, 0.2) is 0 Å². The number of hydrogen-bond acceptors (Lipinski definition) is 1. The zero-order valence-electron chi connectivity index (χ0n) is 5.09. The number of rotatable bonds is 1. The topological polar surface area (TPSA) is 3.24 Å². The van der Waals surface area contributed by atoms with Crippen LogP contribution in [0.2, 0.25) is 0 Å². The van der Waals surface area contributed by atoms with Crippen LogP contribution in [0.5, 0.6) is 0 Å². The quantitative estimate of drug-likeness (QED) is 0.419. The molecule has 0 unspecified atom stereocenters. The van der Waals surface area contributed by atoms with E-state index in [0.717, 1.165) is 13.1 Å². The molecule has 1 aliphatic rings. The van der Waals surface area contributed by atoms with Gasteiger partial charge in [-0.3, -0.25) is 0 Å². The zero-order valence-corrected chi connectivity index (χ0v) is 5.09. The maximum absolute atomic E-state index is 5.28. The Morgan fingerprint density at radius 2 is 2.62 bits per heavy atom. The molecule has 0 saturated carbocycles. The summed E-state index contributed by atoms with van der Waals surface area (Å²) in [6.07, 6.45) is 2.14. The fourth-order valence-electron chi connectivity index (χ4n) is 0.835. The van der Waals surface area contributed by atoms with Crippen LogP contribution in [0.25, 0.3) is 0 Å². The SMILES string of the molecule is [B]=CC1=CCN(C)C1. The van der Waals surface area contributed by atoms with Crippen molar-refractivity contribution in [3.8, 4) is 0 Å². The van der Waals surface area contributed by atoms with Crippen LogP contribution < -0.4 is 0 Å². The summed E-state index contributed by atoms with van der Waals surface area (Å²) in [6.45, 7) is 2.06. The molecule has 1 heterocycles. The number of hydrogen-bond donors (Lipinski definition) is 0. The van der Waals surface area contributed by atoms with Gasteiger partial charge in [-0.15, -0.1) is 0 Å². The normalized spacial score (nSPS) is 20.8. The Bertz CT molecular complexity index is 128. The van der Waals surface area contributed by atoms with Gasteiger partial charge < -0.3 is 0 Å². The van der Waals surface area contributed by atoms with Gasteiger partial charge >= 0.3 is 50.1 Å². The van der Waals surface area contributed by atoms with Crippen LogP contribution in [0.15, 0.2) is 11.6 Å². The average Bonchev–Trinajstić information content (AvgIpc) is 2.14. The van der Waals surface area contributed by atoms with Gasteiger partial charge in [-0.2, -0.15) is 0 Å². The van der Waals surface area contributed by atoms with Gasteiger partial charge in [0.25, 0.3) is 0 Å². The zero-order chi connectivity index (χ0) is 5.98. The summed E-state index contributed by atoms with van der Waals surface area (Å²) >= 11 is 0. The van der Waals surface area contributed by atoms with Gasteiger partial charge in [-0.25, -0.2) is 0 Å². The van der Waals surface area contributed by atoms with Crippen LogP contribution in [0, 0.1) is 0 Å².